The van der Waals surface area contributed by atoms with Crippen molar-refractivity contribution < 1.29 is 29.6 Å². The largest absolute Gasteiger partial charge is 0.504 e. The number of nitrogens with zero attached hydrogens (tertiary/aromatic N) is 1. The molecule has 2 aliphatic carbocycles. The number of likely N-dealkylation sites (tertiary alicyclic amines) is 1. The number of hydrogen-bond acceptors (Lipinski definition) is 7. The van der Waals surface area contributed by atoms with Crippen molar-refractivity contribution in [2.45, 2.75) is 55.3 Å². The number of carbonyl (C=O) groups is 1. The van der Waals surface area contributed by atoms with Crippen molar-refractivity contribution >= 4 is 30.8 Å². The predicted molar refractivity (Wildman–Crippen MR) is 118 cm³/mol. The molecular formula is C21H30Cl2N2O6. The Hall–Kier alpha value is -1.45. The number of hydrogen-bond donors (Lipinski definition) is 4. The molecule has 2 bridgehead atoms. The van der Waals surface area contributed by atoms with E-state index in [4.69, 9.17) is 9.47 Å². The lowest BCUT2D eigenvalue weighted by Crippen LogP contribution is -2.69. The third-order valence-electron chi connectivity index (χ3n) is 7.80. The maximum Gasteiger partial charge on any atom is 0.323 e. The van der Waals surface area contributed by atoms with Crippen LogP contribution in [0, 0.1) is 5.92 Å². The predicted octanol–water partition coefficient (Wildman–Crippen LogP) is 1.32. The summed E-state index contributed by atoms with van der Waals surface area (Å²) < 4.78 is 12.0. The molecule has 174 valence electrons. The fourth-order valence-corrected chi connectivity index (χ4v) is 6.60. The quantitative estimate of drug-likeness (QED) is 0.503. The van der Waals surface area contributed by atoms with Gasteiger partial charge in [0.25, 0.3) is 0 Å². The fourth-order valence-electron chi connectivity index (χ4n) is 6.60. The highest BCUT2D eigenvalue weighted by Gasteiger charge is 2.66. The second kappa shape index (κ2) is 8.48. The molecule has 4 N–H and O–H groups in total. The molecule has 2 heterocycles. The van der Waals surface area contributed by atoms with Crippen molar-refractivity contribution in [2.24, 2.45) is 5.92 Å². The first-order valence-corrected chi connectivity index (χ1v) is 10.3. The van der Waals surface area contributed by atoms with Gasteiger partial charge in [-0.1, -0.05) is 0 Å². The van der Waals surface area contributed by atoms with Gasteiger partial charge in [0.15, 0.2) is 11.5 Å². The van der Waals surface area contributed by atoms with Crippen molar-refractivity contribution in [1.29, 1.82) is 0 Å². The van der Waals surface area contributed by atoms with Crippen LogP contribution in [0.4, 0.5) is 0 Å². The summed E-state index contributed by atoms with van der Waals surface area (Å²) in [6.45, 7) is 0.449. The van der Waals surface area contributed by atoms with Crippen LogP contribution in [0.3, 0.4) is 0 Å². The number of rotatable bonds is 5. The number of ether oxygens (including phenoxy) is 2. The molecule has 8 nitrogen and oxygen atoms in total. The number of aliphatic hydroxyl groups is 1. The number of likely N-dealkylation sites (N-methyl/N-ethyl adjacent to an activating group) is 1. The van der Waals surface area contributed by atoms with Crippen molar-refractivity contribution in [3.05, 3.63) is 17.2 Å². The zero-order valence-corrected chi connectivity index (χ0v) is 19.2. The third-order valence-corrected chi connectivity index (χ3v) is 7.80. The molecule has 2 fully saturated rings. The maximum atomic E-state index is 11.5. The number of carboxylic acid groups (broad SMARTS) is 1. The first-order valence-electron chi connectivity index (χ1n) is 10.3. The summed E-state index contributed by atoms with van der Waals surface area (Å²) in [6, 6.07) is 0.746. The van der Waals surface area contributed by atoms with Gasteiger partial charge < -0.3 is 29.7 Å². The summed E-state index contributed by atoms with van der Waals surface area (Å²) in [5.74, 6) is 0.608. The normalized spacial score (nSPS) is 33.3. The second-order valence-corrected chi connectivity index (χ2v) is 8.89. The van der Waals surface area contributed by atoms with E-state index in [1.54, 1.807) is 13.2 Å². The fraction of sp³-hybridized carbons (Fsp3) is 0.667. The highest BCUT2D eigenvalue weighted by molar-refractivity contribution is 5.85. The van der Waals surface area contributed by atoms with Crippen LogP contribution in [0.15, 0.2) is 6.07 Å². The summed E-state index contributed by atoms with van der Waals surface area (Å²) in [5.41, 5.74) is 1.89. The molecule has 1 saturated heterocycles. The standard InChI is InChI=1S/C21H28N2O6.2ClH/c1-23-6-5-21-11-3-4-12(22-13(9-24)20(26)27)19(21)29-18-15(25)8-16(28-2)10(17(18)21)7-14(11)23;;/h8,11-14,19,22,24-25H,3-7,9H2,1-2H3,(H,26,27);2*1H/t11-,12-,13-,14+,19-,21-;;/m0../s1. The average molecular weight is 477 g/mol. The number of nitrogens with one attached hydrogen (secondary N) is 1. The van der Waals surface area contributed by atoms with Gasteiger partial charge in [0.2, 0.25) is 0 Å². The Kier molecular flexibility index (Phi) is 6.62. The van der Waals surface area contributed by atoms with Crippen molar-refractivity contribution in [3.8, 4) is 17.2 Å². The number of phenolic OH excluding ortho intramolecular Hbond substituents is 1. The van der Waals surface area contributed by atoms with E-state index in [1.807, 2.05) is 0 Å². The summed E-state index contributed by atoms with van der Waals surface area (Å²) in [5, 5.41) is 32.8. The molecule has 1 spiro atoms. The van der Waals surface area contributed by atoms with Gasteiger partial charge in [-0.2, -0.15) is 0 Å². The van der Waals surface area contributed by atoms with E-state index in [0.717, 1.165) is 43.4 Å². The Morgan fingerprint density at radius 1 is 1.42 bits per heavy atom. The number of halogens is 2. The van der Waals surface area contributed by atoms with E-state index < -0.39 is 18.6 Å². The first-order chi connectivity index (χ1) is 13.9. The average Bonchev–Trinajstić information content (AvgIpc) is 3.05. The minimum absolute atomic E-state index is 0. The zero-order valence-electron chi connectivity index (χ0n) is 17.5. The lowest BCUT2D eigenvalue weighted by Gasteiger charge is -2.59. The van der Waals surface area contributed by atoms with Gasteiger partial charge in [0.1, 0.15) is 17.9 Å². The van der Waals surface area contributed by atoms with Crippen molar-refractivity contribution in [2.75, 3.05) is 27.3 Å². The van der Waals surface area contributed by atoms with Crippen LogP contribution in [0.1, 0.15) is 30.4 Å². The molecule has 2 aliphatic heterocycles. The van der Waals surface area contributed by atoms with Gasteiger partial charge in [-0.05, 0) is 45.2 Å². The minimum atomic E-state index is -1.07. The molecule has 1 aromatic rings. The number of methoxy groups -OCH3 is 1. The van der Waals surface area contributed by atoms with Gasteiger partial charge in [0.05, 0.1) is 13.7 Å². The van der Waals surface area contributed by atoms with Crippen LogP contribution in [-0.4, -0.2) is 77.7 Å². The number of piperidine rings is 1. The molecule has 0 unspecified atom stereocenters. The molecule has 31 heavy (non-hydrogen) atoms. The Morgan fingerprint density at radius 3 is 2.81 bits per heavy atom. The number of aromatic hydroxyl groups is 1. The Balaban J connectivity index is 0.00000136. The number of carboxylic acids is 1. The smallest absolute Gasteiger partial charge is 0.323 e. The highest BCUT2D eigenvalue weighted by atomic mass is 35.5. The molecule has 4 aliphatic rings. The van der Waals surface area contributed by atoms with Crippen LogP contribution in [-0.2, 0) is 16.6 Å². The molecule has 6 atom stereocenters. The molecule has 0 radical (unpaired) electrons. The number of phenols is 1. The summed E-state index contributed by atoms with van der Waals surface area (Å²) in [6.07, 6.45) is 3.18. The third kappa shape index (κ3) is 3.18. The van der Waals surface area contributed by atoms with Crippen LogP contribution in [0.2, 0.25) is 0 Å². The molecular weight excluding hydrogens is 447 g/mol. The highest BCUT2D eigenvalue weighted by Crippen LogP contribution is 2.65. The number of aliphatic carboxylic acids is 1. The van der Waals surface area contributed by atoms with E-state index in [-0.39, 0.29) is 48.1 Å². The molecule has 1 saturated carbocycles. The van der Waals surface area contributed by atoms with Gasteiger partial charge in [-0.25, -0.2) is 0 Å². The lowest BCUT2D eigenvalue weighted by molar-refractivity contribution is -0.141. The van der Waals surface area contributed by atoms with Crippen molar-refractivity contribution in [3.63, 3.8) is 0 Å². The molecule has 10 heteroatoms. The van der Waals surface area contributed by atoms with E-state index in [9.17, 15) is 20.1 Å². The Morgan fingerprint density at radius 2 is 2.16 bits per heavy atom. The van der Waals surface area contributed by atoms with Gasteiger partial charge in [-0.15, -0.1) is 24.8 Å². The van der Waals surface area contributed by atoms with Gasteiger partial charge in [-0.3, -0.25) is 10.1 Å². The van der Waals surface area contributed by atoms with Crippen LogP contribution in [0.5, 0.6) is 17.2 Å². The molecule has 1 aromatic carbocycles. The first kappa shape index (κ1) is 24.2. The Labute approximate surface area is 193 Å². The van der Waals surface area contributed by atoms with E-state index in [0.29, 0.717) is 23.5 Å². The topological polar surface area (TPSA) is 111 Å². The molecule has 0 aromatic heterocycles. The van der Waals surface area contributed by atoms with Crippen LogP contribution < -0.4 is 14.8 Å². The van der Waals surface area contributed by atoms with Gasteiger partial charge in [0, 0.05) is 34.7 Å². The lowest BCUT2D eigenvalue weighted by atomic mass is 9.51. The molecule has 5 rings (SSSR count). The second-order valence-electron chi connectivity index (χ2n) is 8.89. The number of benzene rings is 1. The van der Waals surface area contributed by atoms with E-state index in [2.05, 4.69) is 17.3 Å². The van der Waals surface area contributed by atoms with E-state index in [1.165, 1.54) is 0 Å². The zero-order chi connectivity index (χ0) is 20.5. The molecule has 0 amide bonds. The SMILES string of the molecule is COc1cc(O)c2c3c1C[C@@H]1[C@@H]4CC[C@H](N[C@@H](CO)C(=O)O)[C@H](O2)[C@]34CCN1C.Cl.Cl. The Bertz CT molecular complexity index is 871. The summed E-state index contributed by atoms with van der Waals surface area (Å²) in [4.78, 5) is 13.9. The maximum absolute atomic E-state index is 11.5. The van der Waals surface area contributed by atoms with Gasteiger partial charge >= 0.3 is 5.97 Å². The van der Waals surface area contributed by atoms with E-state index >= 15 is 0 Å². The monoisotopic (exact) mass is 476 g/mol. The summed E-state index contributed by atoms with van der Waals surface area (Å²) >= 11 is 0. The van der Waals surface area contributed by atoms with Crippen LogP contribution in [0.25, 0.3) is 0 Å². The minimum Gasteiger partial charge on any atom is -0.504 e. The van der Waals surface area contributed by atoms with Crippen molar-refractivity contribution in [1.82, 2.24) is 10.2 Å². The number of aliphatic hydroxyl groups excluding tert-OH is 1. The van der Waals surface area contributed by atoms with Crippen LogP contribution >= 0.6 is 24.8 Å². The summed E-state index contributed by atoms with van der Waals surface area (Å²) in [7, 11) is 3.79.